The van der Waals surface area contributed by atoms with E-state index < -0.39 is 0 Å². The zero-order chi connectivity index (χ0) is 18.3. The van der Waals surface area contributed by atoms with E-state index in [9.17, 15) is 4.79 Å². The molecular formula is C19H18BrN5O. The Morgan fingerprint density at radius 2 is 1.96 bits per heavy atom. The molecule has 0 fully saturated rings. The molecule has 26 heavy (non-hydrogen) atoms. The molecule has 1 atom stereocenters. The maximum atomic E-state index is 12.7. The highest BCUT2D eigenvalue weighted by Crippen LogP contribution is 2.30. The first-order valence-electron chi connectivity index (χ1n) is 8.38. The summed E-state index contributed by atoms with van der Waals surface area (Å²) in [6, 6.07) is 13.5. The highest BCUT2D eigenvalue weighted by atomic mass is 79.9. The van der Waals surface area contributed by atoms with Crippen LogP contribution in [-0.2, 0) is 11.3 Å². The summed E-state index contributed by atoms with van der Waals surface area (Å²) in [7, 11) is 0. The number of amides is 1. The Balaban J connectivity index is 1.57. The Labute approximate surface area is 159 Å². The molecule has 132 valence electrons. The van der Waals surface area contributed by atoms with Crippen LogP contribution in [0.4, 0.5) is 0 Å². The fraction of sp³-hybridized carbons (Fsp3) is 0.211. The van der Waals surface area contributed by atoms with E-state index in [0.717, 1.165) is 26.7 Å². The maximum absolute atomic E-state index is 12.7. The van der Waals surface area contributed by atoms with Crippen LogP contribution in [0.2, 0.25) is 0 Å². The minimum atomic E-state index is -0.245. The van der Waals surface area contributed by atoms with E-state index in [1.165, 1.54) is 0 Å². The number of nitrogens with zero attached hydrogens (tertiary/aromatic N) is 4. The van der Waals surface area contributed by atoms with E-state index in [1.54, 1.807) is 0 Å². The molecule has 0 bridgehead atoms. The summed E-state index contributed by atoms with van der Waals surface area (Å²) >= 11 is 3.63. The third kappa shape index (κ3) is 2.78. The number of hydrogen-bond acceptors (Lipinski definition) is 3. The first-order chi connectivity index (χ1) is 12.6. The van der Waals surface area contributed by atoms with Gasteiger partial charge in [-0.1, -0.05) is 24.3 Å². The van der Waals surface area contributed by atoms with Crippen molar-refractivity contribution in [3.05, 3.63) is 64.7 Å². The normalized spacial score (nSPS) is 12.6. The number of hydrogen-bond donors (Lipinski definition) is 1. The zero-order valence-corrected chi connectivity index (χ0v) is 16.1. The van der Waals surface area contributed by atoms with Crippen LogP contribution >= 0.6 is 15.9 Å². The number of rotatable bonds is 4. The molecule has 0 aliphatic carbocycles. The van der Waals surface area contributed by atoms with Crippen molar-refractivity contribution in [3.8, 4) is 0 Å². The predicted molar refractivity (Wildman–Crippen MR) is 104 cm³/mol. The topological polar surface area (TPSA) is 64.2 Å². The van der Waals surface area contributed by atoms with Gasteiger partial charge in [0.15, 0.2) is 11.5 Å². The Hall–Kier alpha value is -2.67. The molecule has 0 saturated carbocycles. The minimum absolute atomic E-state index is 0.0680. The van der Waals surface area contributed by atoms with Crippen molar-refractivity contribution in [3.63, 3.8) is 0 Å². The van der Waals surface area contributed by atoms with Gasteiger partial charge in [0.1, 0.15) is 6.54 Å². The zero-order valence-electron chi connectivity index (χ0n) is 14.5. The predicted octanol–water partition coefficient (Wildman–Crippen LogP) is 3.63. The Bertz CT molecular complexity index is 1110. The molecule has 3 aromatic heterocycles. The number of para-hydroxylation sites is 1. The van der Waals surface area contributed by atoms with Crippen molar-refractivity contribution in [2.45, 2.75) is 26.4 Å². The van der Waals surface area contributed by atoms with Crippen LogP contribution in [0.3, 0.4) is 0 Å². The van der Waals surface area contributed by atoms with Gasteiger partial charge in [0.2, 0.25) is 5.91 Å². The van der Waals surface area contributed by atoms with Crippen LogP contribution in [-0.4, -0.2) is 25.1 Å². The third-order valence-corrected chi connectivity index (χ3v) is 5.56. The summed E-state index contributed by atoms with van der Waals surface area (Å²) in [4.78, 5) is 12.7. The number of benzene rings is 1. The SMILES string of the molecule is Cc1c(Br)c2ccccc2n1CC(=O)N[C@H](C)c1nnc2ccccn12. The van der Waals surface area contributed by atoms with E-state index in [2.05, 4.69) is 31.4 Å². The van der Waals surface area contributed by atoms with E-state index in [1.807, 2.05) is 71.5 Å². The molecule has 6 nitrogen and oxygen atoms in total. The van der Waals surface area contributed by atoms with Crippen molar-refractivity contribution in [2.75, 3.05) is 0 Å². The van der Waals surface area contributed by atoms with E-state index >= 15 is 0 Å². The Kier molecular flexibility index (Phi) is 4.24. The molecule has 0 aliphatic rings. The van der Waals surface area contributed by atoms with Crippen LogP contribution in [0, 0.1) is 6.92 Å². The van der Waals surface area contributed by atoms with Gasteiger partial charge in [-0.3, -0.25) is 9.20 Å². The maximum Gasteiger partial charge on any atom is 0.240 e. The molecule has 0 radical (unpaired) electrons. The summed E-state index contributed by atoms with van der Waals surface area (Å²) in [6.07, 6.45) is 1.90. The number of aromatic nitrogens is 4. The summed E-state index contributed by atoms with van der Waals surface area (Å²) in [5.41, 5.74) is 2.83. The van der Waals surface area contributed by atoms with Crippen LogP contribution in [0.5, 0.6) is 0 Å². The first-order valence-corrected chi connectivity index (χ1v) is 9.18. The second-order valence-electron chi connectivity index (χ2n) is 6.28. The van der Waals surface area contributed by atoms with Crippen molar-refractivity contribution in [1.29, 1.82) is 0 Å². The lowest BCUT2D eigenvalue weighted by atomic mass is 10.2. The largest absolute Gasteiger partial charge is 0.345 e. The second kappa shape index (κ2) is 6.57. The fourth-order valence-corrected chi connectivity index (χ4v) is 3.79. The van der Waals surface area contributed by atoms with Gasteiger partial charge in [-0.15, -0.1) is 10.2 Å². The molecule has 0 saturated heterocycles. The van der Waals surface area contributed by atoms with E-state index in [0.29, 0.717) is 5.82 Å². The van der Waals surface area contributed by atoms with Gasteiger partial charge in [-0.2, -0.15) is 0 Å². The highest BCUT2D eigenvalue weighted by Gasteiger charge is 2.18. The molecule has 0 aliphatic heterocycles. The highest BCUT2D eigenvalue weighted by molar-refractivity contribution is 9.10. The molecule has 0 unspecified atom stereocenters. The molecule has 4 rings (SSSR count). The summed E-state index contributed by atoms with van der Waals surface area (Å²) in [5.74, 6) is 0.644. The third-order valence-electron chi connectivity index (χ3n) is 4.56. The lowest BCUT2D eigenvalue weighted by molar-refractivity contribution is -0.122. The van der Waals surface area contributed by atoms with Crippen molar-refractivity contribution in [2.24, 2.45) is 0 Å². The van der Waals surface area contributed by atoms with Crippen LogP contribution < -0.4 is 5.32 Å². The molecule has 1 N–H and O–H groups in total. The number of pyridine rings is 1. The Morgan fingerprint density at radius 3 is 2.81 bits per heavy atom. The molecule has 4 aromatic rings. The smallest absolute Gasteiger partial charge is 0.240 e. The number of fused-ring (bicyclic) bond motifs is 2. The number of carbonyl (C=O) groups is 1. The van der Waals surface area contributed by atoms with Crippen molar-refractivity contribution < 1.29 is 4.79 Å². The van der Waals surface area contributed by atoms with Gasteiger partial charge in [0.25, 0.3) is 0 Å². The molecule has 0 spiro atoms. The van der Waals surface area contributed by atoms with Crippen LogP contribution in [0.1, 0.15) is 24.5 Å². The van der Waals surface area contributed by atoms with Gasteiger partial charge >= 0.3 is 0 Å². The lowest BCUT2D eigenvalue weighted by Gasteiger charge is -2.14. The minimum Gasteiger partial charge on any atom is -0.345 e. The van der Waals surface area contributed by atoms with Gasteiger partial charge in [0.05, 0.1) is 6.04 Å². The van der Waals surface area contributed by atoms with Crippen LogP contribution in [0.25, 0.3) is 16.6 Å². The summed E-state index contributed by atoms with van der Waals surface area (Å²) in [6.45, 7) is 4.17. The summed E-state index contributed by atoms with van der Waals surface area (Å²) in [5, 5.41) is 12.5. The average molecular weight is 412 g/mol. The molecular weight excluding hydrogens is 394 g/mol. The number of carbonyl (C=O) groups excluding carboxylic acids is 1. The van der Waals surface area contributed by atoms with Crippen LogP contribution in [0.15, 0.2) is 53.1 Å². The van der Waals surface area contributed by atoms with Crippen molar-refractivity contribution in [1.82, 2.24) is 24.5 Å². The van der Waals surface area contributed by atoms with E-state index in [4.69, 9.17) is 0 Å². The van der Waals surface area contributed by atoms with Gasteiger partial charge < -0.3 is 9.88 Å². The van der Waals surface area contributed by atoms with E-state index in [-0.39, 0.29) is 18.5 Å². The molecule has 7 heteroatoms. The monoisotopic (exact) mass is 411 g/mol. The summed E-state index contributed by atoms with van der Waals surface area (Å²) < 4.78 is 4.93. The number of halogens is 1. The van der Waals surface area contributed by atoms with Crippen molar-refractivity contribution >= 4 is 38.4 Å². The quantitative estimate of drug-likeness (QED) is 0.557. The van der Waals surface area contributed by atoms with Gasteiger partial charge in [0, 0.05) is 27.3 Å². The standard InChI is InChI=1S/C19H18BrN5O/c1-12(19-23-22-16-9-5-6-10-24(16)19)21-17(26)11-25-13(2)18(20)14-7-3-4-8-15(14)25/h3-10,12H,11H2,1-2H3,(H,21,26)/t12-/m1/s1. The number of nitrogens with one attached hydrogen (secondary N) is 1. The first kappa shape index (κ1) is 16.8. The Morgan fingerprint density at radius 1 is 1.19 bits per heavy atom. The molecule has 3 heterocycles. The van der Waals surface area contributed by atoms with Gasteiger partial charge in [-0.05, 0) is 48.0 Å². The second-order valence-corrected chi connectivity index (χ2v) is 7.07. The molecule has 1 amide bonds. The van der Waals surface area contributed by atoms with Gasteiger partial charge in [-0.25, -0.2) is 0 Å². The fourth-order valence-electron chi connectivity index (χ4n) is 3.24. The molecule has 1 aromatic carbocycles. The lowest BCUT2D eigenvalue weighted by Crippen LogP contribution is -2.31. The average Bonchev–Trinajstić information content (AvgIpc) is 3.18.